The molecule has 1 aliphatic heterocycles. The highest BCUT2D eigenvalue weighted by molar-refractivity contribution is 5.85. The summed E-state index contributed by atoms with van der Waals surface area (Å²) in [6.07, 6.45) is 3.10. The Kier molecular flexibility index (Phi) is 8.03. The zero-order valence-electron chi connectivity index (χ0n) is 20.7. The number of nitrogens with one attached hydrogen (secondary N) is 2. The number of fused-ring (bicyclic) bond motifs is 3. The highest BCUT2D eigenvalue weighted by atomic mass is 19.1. The Labute approximate surface area is 205 Å². The molecule has 8 heteroatoms. The SMILES string of the molecule is Cc1c([C@@H]2c3[nH]c4ccccc4c3C[C@@H](C)N2C[C@@H](C)C(=O)O)ccnc1OCCNCCCF. The van der Waals surface area contributed by atoms with Crippen molar-refractivity contribution in [3.05, 3.63) is 58.9 Å². The molecule has 0 fully saturated rings. The maximum atomic E-state index is 12.3. The molecular weight excluding hydrogens is 447 g/mol. The number of ether oxygens (including phenoxy) is 1. The molecule has 4 rings (SSSR count). The van der Waals surface area contributed by atoms with Crippen LogP contribution in [0.3, 0.4) is 0 Å². The Morgan fingerprint density at radius 3 is 2.91 bits per heavy atom. The summed E-state index contributed by atoms with van der Waals surface area (Å²) in [7, 11) is 0. The number of halogens is 1. The first-order chi connectivity index (χ1) is 16.9. The molecule has 0 radical (unpaired) electrons. The van der Waals surface area contributed by atoms with Crippen molar-refractivity contribution in [3.63, 3.8) is 0 Å². The fourth-order valence-corrected chi connectivity index (χ4v) is 5.03. The van der Waals surface area contributed by atoms with Crippen LogP contribution in [0.15, 0.2) is 36.5 Å². The van der Waals surface area contributed by atoms with Crippen LogP contribution in [0.25, 0.3) is 10.9 Å². The van der Waals surface area contributed by atoms with Crippen molar-refractivity contribution >= 4 is 16.9 Å². The number of H-pyrrole nitrogens is 1. The molecule has 3 atom stereocenters. The fraction of sp³-hybridized carbons (Fsp3) is 0.481. The lowest BCUT2D eigenvalue weighted by Gasteiger charge is -2.42. The van der Waals surface area contributed by atoms with E-state index in [-0.39, 0.29) is 18.8 Å². The Hall–Kier alpha value is -2.97. The van der Waals surface area contributed by atoms with Crippen LogP contribution in [0.4, 0.5) is 4.39 Å². The molecule has 188 valence electrons. The number of carbonyl (C=O) groups is 1. The molecule has 0 aliphatic carbocycles. The number of benzene rings is 1. The Balaban J connectivity index is 1.70. The normalized spacial score (nSPS) is 19.0. The van der Waals surface area contributed by atoms with E-state index in [1.807, 2.05) is 19.1 Å². The minimum Gasteiger partial charge on any atom is -0.481 e. The minimum absolute atomic E-state index is 0.143. The van der Waals surface area contributed by atoms with Crippen molar-refractivity contribution < 1.29 is 19.0 Å². The smallest absolute Gasteiger partial charge is 0.307 e. The largest absolute Gasteiger partial charge is 0.481 e. The summed E-state index contributed by atoms with van der Waals surface area (Å²) in [4.78, 5) is 22.2. The summed E-state index contributed by atoms with van der Waals surface area (Å²) in [5.74, 6) is -0.731. The number of aromatic nitrogens is 2. The Morgan fingerprint density at radius 2 is 2.14 bits per heavy atom. The molecule has 2 aromatic heterocycles. The van der Waals surface area contributed by atoms with Crippen molar-refractivity contribution in [2.45, 2.75) is 45.7 Å². The number of hydrogen-bond acceptors (Lipinski definition) is 5. The number of carboxylic acid groups (broad SMARTS) is 1. The zero-order valence-corrected chi connectivity index (χ0v) is 20.7. The van der Waals surface area contributed by atoms with Crippen LogP contribution in [0.1, 0.15) is 48.7 Å². The number of aromatic amines is 1. The average Bonchev–Trinajstić information content (AvgIpc) is 3.21. The van der Waals surface area contributed by atoms with Crippen LogP contribution in [0, 0.1) is 12.8 Å². The molecule has 0 saturated carbocycles. The van der Waals surface area contributed by atoms with Gasteiger partial charge in [-0.1, -0.05) is 25.1 Å². The van der Waals surface area contributed by atoms with Crippen molar-refractivity contribution in [3.8, 4) is 5.88 Å². The van der Waals surface area contributed by atoms with Gasteiger partial charge in [-0.2, -0.15) is 0 Å². The second kappa shape index (κ2) is 11.2. The summed E-state index contributed by atoms with van der Waals surface area (Å²) in [6.45, 7) is 7.71. The van der Waals surface area contributed by atoms with Crippen molar-refractivity contribution in [1.82, 2.24) is 20.2 Å². The summed E-state index contributed by atoms with van der Waals surface area (Å²) in [5, 5.41) is 14.0. The zero-order chi connectivity index (χ0) is 24.9. The predicted octanol–water partition coefficient (Wildman–Crippen LogP) is 4.26. The third-order valence-corrected chi connectivity index (χ3v) is 6.92. The number of hydrogen-bond donors (Lipinski definition) is 3. The number of nitrogens with zero attached hydrogens (tertiary/aromatic N) is 2. The van der Waals surface area contributed by atoms with Gasteiger partial charge >= 0.3 is 5.97 Å². The molecule has 7 nitrogen and oxygen atoms in total. The van der Waals surface area contributed by atoms with E-state index in [9.17, 15) is 14.3 Å². The fourth-order valence-electron chi connectivity index (χ4n) is 5.03. The minimum atomic E-state index is -0.797. The molecule has 1 aliphatic rings. The van der Waals surface area contributed by atoms with E-state index in [2.05, 4.69) is 45.3 Å². The van der Waals surface area contributed by atoms with Gasteiger partial charge in [-0.15, -0.1) is 0 Å². The van der Waals surface area contributed by atoms with Gasteiger partial charge in [-0.3, -0.25) is 14.1 Å². The molecule has 3 N–H and O–H groups in total. The topological polar surface area (TPSA) is 90.5 Å². The van der Waals surface area contributed by atoms with Crippen molar-refractivity contribution in [2.75, 3.05) is 32.9 Å². The van der Waals surface area contributed by atoms with E-state index in [1.54, 1.807) is 13.1 Å². The van der Waals surface area contributed by atoms with Gasteiger partial charge in [-0.25, -0.2) is 4.98 Å². The molecule has 0 spiro atoms. The maximum Gasteiger partial charge on any atom is 0.307 e. The highest BCUT2D eigenvalue weighted by Crippen LogP contribution is 2.42. The Morgan fingerprint density at radius 1 is 1.34 bits per heavy atom. The first kappa shape index (κ1) is 25.1. The number of carboxylic acids is 1. The molecule has 3 heterocycles. The van der Waals surface area contributed by atoms with Gasteiger partial charge in [0.25, 0.3) is 0 Å². The van der Waals surface area contributed by atoms with Gasteiger partial charge in [0.05, 0.1) is 18.6 Å². The molecule has 0 bridgehead atoms. The summed E-state index contributed by atoms with van der Waals surface area (Å²) < 4.78 is 18.3. The number of pyridine rings is 1. The highest BCUT2D eigenvalue weighted by Gasteiger charge is 2.38. The summed E-state index contributed by atoms with van der Waals surface area (Å²) >= 11 is 0. The van der Waals surface area contributed by atoms with Gasteiger partial charge < -0.3 is 20.1 Å². The first-order valence-electron chi connectivity index (χ1n) is 12.3. The second-order valence-electron chi connectivity index (χ2n) is 9.43. The lowest BCUT2D eigenvalue weighted by Crippen LogP contribution is -2.46. The summed E-state index contributed by atoms with van der Waals surface area (Å²) in [5.41, 5.74) is 5.47. The van der Waals surface area contributed by atoms with E-state index in [1.165, 1.54) is 10.9 Å². The van der Waals surface area contributed by atoms with Crippen LogP contribution in [0.5, 0.6) is 5.88 Å². The van der Waals surface area contributed by atoms with Gasteiger partial charge in [0.2, 0.25) is 5.88 Å². The van der Waals surface area contributed by atoms with Gasteiger partial charge in [0.15, 0.2) is 0 Å². The maximum absolute atomic E-state index is 12.3. The Bertz CT molecular complexity index is 1160. The number of rotatable bonds is 11. The number of alkyl halides is 1. The number of aliphatic carboxylic acids is 1. The van der Waals surface area contributed by atoms with Gasteiger partial charge in [-0.05, 0) is 56.5 Å². The van der Waals surface area contributed by atoms with Crippen molar-refractivity contribution in [1.29, 1.82) is 0 Å². The monoisotopic (exact) mass is 482 g/mol. The molecule has 0 saturated heterocycles. The van der Waals surface area contributed by atoms with E-state index < -0.39 is 11.9 Å². The second-order valence-corrected chi connectivity index (χ2v) is 9.43. The molecule has 3 aromatic rings. The van der Waals surface area contributed by atoms with Gasteiger partial charge in [0, 0.05) is 47.5 Å². The van der Waals surface area contributed by atoms with Crippen LogP contribution in [0.2, 0.25) is 0 Å². The third kappa shape index (κ3) is 5.33. The van der Waals surface area contributed by atoms with Crippen LogP contribution in [-0.4, -0.2) is 64.9 Å². The third-order valence-electron chi connectivity index (χ3n) is 6.92. The van der Waals surface area contributed by atoms with Crippen LogP contribution >= 0.6 is 0 Å². The summed E-state index contributed by atoms with van der Waals surface area (Å²) in [6, 6.07) is 10.3. The van der Waals surface area contributed by atoms with E-state index >= 15 is 0 Å². The van der Waals surface area contributed by atoms with Gasteiger partial charge in [0.1, 0.15) is 6.61 Å². The molecule has 0 amide bonds. The molecule has 0 unspecified atom stereocenters. The molecule has 35 heavy (non-hydrogen) atoms. The number of para-hydroxylation sites is 1. The van der Waals surface area contributed by atoms with Crippen LogP contribution in [-0.2, 0) is 11.2 Å². The molecule has 1 aromatic carbocycles. The quantitative estimate of drug-likeness (QED) is 0.354. The van der Waals surface area contributed by atoms with E-state index in [0.717, 1.165) is 28.8 Å². The molecular formula is C27H35FN4O3. The lowest BCUT2D eigenvalue weighted by molar-refractivity contribution is -0.142. The van der Waals surface area contributed by atoms with E-state index in [0.29, 0.717) is 38.5 Å². The first-order valence-corrected chi connectivity index (χ1v) is 12.3. The van der Waals surface area contributed by atoms with E-state index in [4.69, 9.17) is 4.74 Å². The van der Waals surface area contributed by atoms with Crippen molar-refractivity contribution in [2.24, 2.45) is 5.92 Å². The predicted molar refractivity (Wildman–Crippen MR) is 135 cm³/mol. The lowest BCUT2D eigenvalue weighted by atomic mass is 9.86. The standard InChI is InChI=1S/C27H35FN4O3/c1-17(27(33)34)16-32-18(2)15-22-21-7-4-5-8-23(21)31-24(22)25(32)20-9-12-30-26(19(20)3)35-14-13-29-11-6-10-28/h4-5,7-9,12,17-18,25,29,31H,6,10-11,13-16H2,1-3H3,(H,33,34)/t17-,18-,25-/m1/s1. The average molecular weight is 483 g/mol. The van der Waals surface area contributed by atoms with Crippen LogP contribution < -0.4 is 10.1 Å².